The topological polar surface area (TPSA) is 61.1 Å². The van der Waals surface area contributed by atoms with Crippen molar-refractivity contribution < 1.29 is 9.90 Å². The van der Waals surface area contributed by atoms with Gasteiger partial charge in [0.05, 0.1) is 18.1 Å². The van der Waals surface area contributed by atoms with E-state index in [9.17, 15) is 9.90 Å². The summed E-state index contributed by atoms with van der Waals surface area (Å²) in [6.07, 6.45) is 0.0626. The number of ketones is 1. The monoisotopic (exact) mass is 141 g/mol. The summed E-state index contributed by atoms with van der Waals surface area (Å²) in [5.74, 6) is -0.0970. The van der Waals surface area contributed by atoms with Crippen LogP contribution in [0.5, 0.6) is 0 Å². The predicted octanol–water partition coefficient (Wildman–Crippen LogP) is 0.630. The zero-order valence-corrected chi connectivity index (χ0v) is 6.22. The van der Waals surface area contributed by atoms with Gasteiger partial charge in [-0.1, -0.05) is 0 Å². The van der Waals surface area contributed by atoms with E-state index in [-0.39, 0.29) is 18.6 Å². The van der Waals surface area contributed by atoms with Crippen LogP contribution in [0.4, 0.5) is 0 Å². The number of nitrogens with zero attached hydrogens (tertiary/aromatic N) is 1. The number of hydrogen-bond acceptors (Lipinski definition) is 3. The summed E-state index contributed by atoms with van der Waals surface area (Å²) in [5, 5.41) is 17.4. The van der Waals surface area contributed by atoms with E-state index in [0.29, 0.717) is 0 Å². The molecular formula is C7H11NO2. The molecule has 0 fully saturated rings. The third-order valence-corrected chi connectivity index (χ3v) is 1.09. The standard InChI is InChI=1S/C7H11NO2/c1-6(9)5-7(2,10)3-4-8/h10H,3,5H2,1-2H3. The van der Waals surface area contributed by atoms with Crippen LogP contribution in [0.2, 0.25) is 0 Å². The molecule has 1 atom stereocenters. The highest BCUT2D eigenvalue weighted by atomic mass is 16.3. The van der Waals surface area contributed by atoms with Crippen LogP contribution in [-0.2, 0) is 4.79 Å². The first kappa shape index (κ1) is 9.12. The summed E-state index contributed by atoms with van der Waals surface area (Å²) in [7, 11) is 0. The number of hydrogen-bond donors (Lipinski definition) is 1. The van der Waals surface area contributed by atoms with E-state index in [1.54, 1.807) is 0 Å². The Hall–Kier alpha value is -0.880. The SMILES string of the molecule is CC(=O)CC(C)(O)CC#N. The van der Waals surface area contributed by atoms with Gasteiger partial charge in [0.1, 0.15) is 5.78 Å². The molecule has 0 saturated carbocycles. The number of aliphatic hydroxyl groups is 1. The summed E-state index contributed by atoms with van der Waals surface area (Å²) in [5.41, 5.74) is -1.14. The molecule has 0 aliphatic carbocycles. The van der Waals surface area contributed by atoms with Gasteiger partial charge >= 0.3 is 0 Å². The fourth-order valence-corrected chi connectivity index (χ4v) is 0.769. The summed E-state index contributed by atoms with van der Waals surface area (Å²) in [4.78, 5) is 10.5. The second-order valence-electron chi connectivity index (χ2n) is 2.71. The molecule has 0 radical (unpaired) electrons. The highest BCUT2D eigenvalue weighted by molar-refractivity contribution is 5.76. The van der Waals surface area contributed by atoms with Gasteiger partial charge in [-0.15, -0.1) is 0 Å². The van der Waals surface area contributed by atoms with Gasteiger partial charge in [0, 0.05) is 6.42 Å². The van der Waals surface area contributed by atoms with Crippen molar-refractivity contribution in [2.75, 3.05) is 0 Å². The van der Waals surface area contributed by atoms with Crippen molar-refractivity contribution in [3.8, 4) is 6.07 Å². The molecule has 0 heterocycles. The zero-order chi connectivity index (χ0) is 8.20. The molecule has 0 aromatic carbocycles. The van der Waals surface area contributed by atoms with Crippen LogP contribution in [0, 0.1) is 11.3 Å². The normalized spacial score (nSPS) is 15.4. The number of carbonyl (C=O) groups is 1. The van der Waals surface area contributed by atoms with Crippen LogP contribution in [0.15, 0.2) is 0 Å². The average Bonchev–Trinajstić information content (AvgIpc) is 1.59. The first-order chi connectivity index (χ1) is 4.48. The minimum atomic E-state index is -1.14. The molecule has 0 aliphatic rings. The highest BCUT2D eigenvalue weighted by Gasteiger charge is 2.21. The maximum atomic E-state index is 10.5. The smallest absolute Gasteiger partial charge is 0.132 e. The van der Waals surface area contributed by atoms with E-state index >= 15 is 0 Å². The number of nitriles is 1. The summed E-state index contributed by atoms with van der Waals surface area (Å²) < 4.78 is 0. The summed E-state index contributed by atoms with van der Waals surface area (Å²) in [6, 6.07) is 1.81. The molecule has 1 N–H and O–H groups in total. The maximum absolute atomic E-state index is 10.5. The van der Waals surface area contributed by atoms with Crippen molar-refractivity contribution in [3.05, 3.63) is 0 Å². The predicted molar refractivity (Wildman–Crippen MR) is 36.2 cm³/mol. The molecule has 0 rings (SSSR count). The largest absolute Gasteiger partial charge is 0.389 e. The van der Waals surface area contributed by atoms with Gasteiger partial charge in [-0.05, 0) is 13.8 Å². The van der Waals surface area contributed by atoms with Gasteiger partial charge in [0.15, 0.2) is 0 Å². The molecule has 0 aromatic rings. The Kier molecular flexibility index (Phi) is 3.04. The Morgan fingerprint density at radius 2 is 2.30 bits per heavy atom. The Bertz CT molecular complexity index is 167. The van der Waals surface area contributed by atoms with Crippen molar-refractivity contribution >= 4 is 5.78 Å². The van der Waals surface area contributed by atoms with Crippen LogP contribution < -0.4 is 0 Å². The van der Waals surface area contributed by atoms with E-state index < -0.39 is 5.60 Å². The third-order valence-electron chi connectivity index (χ3n) is 1.09. The molecule has 0 aromatic heterocycles. The lowest BCUT2D eigenvalue weighted by molar-refractivity contribution is -0.121. The Balaban J connectivity index is 3.89. The Morgan fingerprint density at radius 3 is 2.60 bits per heavy atom. The zero-order valence-electron chi connectivity index (χ0n) is 6.22. The lowest BCUT2D eigenvalue weighted by atomic mass is 9.97. The molecule has 0 spiro atoms. The van der Waals surface area contributed by atoms with E-state index in [1.807, 2.05) is 6.07 Å². The molecule has 0 bridgehead atoms. The van der Waals surface area contributed by atoms with Gasteiger partial charge in [-0.2, -0.15) is 5.26 Å². The van der Waals surface area contributed by atoms with Crippen molar-refractivity contribution in [1.29, 1.82) is 5.26 Å². The van der Waals surface area contributed by atoms with Gasteiger partial charge in [-0.3, -0.25) is 4.79 Å². The van der Waals surface area contributed by atoms with Crippen LogP contribution in [0.3, 0.4) is 0 Å². The molecule has 0 saturated heterocycles. The highest BCUT2D eigenvalue weighted by Crippen LogP contribution is 2.13. The quantitative estimate of drug-likeness (QED) is 0.627. The summed E-state index contributed by atoms with van der Waals surface area (Å²) >= 11 is 0. The summed E-state index contributed by atoms with van der Waals surface area (Å²) in [6.45, 7) is 2.88. The van der Waals surface area contributed by atoms with Crippen molar-refractivity contribution in [2.24, 2.45) is 0 Å². The van der Waals surface area contributed by atoms with Crippen LogP contribution in [0.25, 0.3) is 0 Å². The number of carbonyl (C=O) groups excluding carboxylic acids is 1. The lowest BCUT2D eigenvalue weighted by Crippen LogP contribution is -2.26. The fourth-order valence-electron chi connectivity index (χ4n) is 0.769. The molecule has 10 heavy (non-hydrogen) atoms. The van der Waals surface area contributed by atoms with Gasteiger partial charge in [0.2, 0.25) is 0 Å². The molecule has 56 valence electrons. The molecule has 3 heteroatoms. The van der Waals surface area contributed by atoms with E-state index in [1.165, 1.54) is 13.8 Å². The van der Waals surface area contributed by atoms with E-state index in [4.69, 9.17) is 5.26 Å². The number of Topliss-reactive ketones (excluding diaryl/α,β-unsaturated/α-hetero) is 1. The van der Waals surface area contributed by atoms with Crippen molar-refractivity contribution in [1.82, 2.24) is 0 Å². The Labute approximate surface area is 60.3 Å². The van der Waals surface area contributed by atoms with Crippen LogP contribution >= 0.6 is 0 Å². The second-order valence-corrected chi connectivity index (χ2v) is 2.71. The minimum absolute atomic E-state index is 0.00653. The Morgan fingerprint density at radius 1 is 1.80 bits per heavy atom. The van der Waals surface area contributed by atoms with Gasteiger partial charge in [-0.25, -0.2) is 0 Å². The van der Waals surface area contributed by atoms with Crippen molar-refractivity contribution in [2.45, 2.75) is 32.3 Å². The second kappa shape index (κ2) is 3.33. The van der Waals surface area contributed by atoms with Crippen LogP contribution in [-0.4, -0.2) is 16.5 Å². The molecule has 0 aliphatic heterocycles. The van der Waals surface area contributed by atoms with E-state index in [0.717, 1.165) is 0 Å². The fraction of sp³-hybridized carbons (Fsp3) is 0.714. The molecule has 3 nitrogen and oxygen atoms in total. The molecule has 0 amide bonds. The van der Waals surface area contributed by atoms with Crippen LogP contribution in [0.1, 0.15) is 26.7 Å². The van der Waals surface area contributed by atoms with Gasteiger partial charge in [0.25, 0.3) is 0 Å². The van der Waals surface area contributed by atoms with Gasteiger partial charge < -0.3 is 5.11 Å². The third kappa shape index (κ3) is 4.04. The molecular weight excluding hydrogens is 130 g/mol. The first-order valence-electron chi connectivity index (χ1n) is 3.07. The maximum Gasteiger partial charge on any atom is 0.132 e. The minimum Gasteiger partial charge on any atom is -0.389 e. The van der Waals surface area contributed by atoms with E-state index in [2.05, 4.69) is 0 Å². The first-order valence-corrected chi connectivity index (χ1v) is 3.07. The molecule has 1 unspecified atom stereocenters. The lowest BCUT2D eigenvalue weighted by Gasteiger charge is -2.16. The van der Waals surface area contributed by atoms with Crippen molar-refractivity contribution in [3.63, 3.8) is 0 Å². The average molecular weight is 141 g/mol. The number of rotatable bonds is 3.